The van der Waals surface area contributed by atoms with Gasteiger partial charge in [-0.25, -0.2) is 32.6 Å². The second-order valence-corrected chi connectivity index (χ2v) is 9.63. The number of phenolic OH excluding ortho intramolecular Hbond substituents is 1. The molecule has 0 bridgehead atoms. The summed E-state index contributed by atoms with van der Waals surface area (Å²) in [6.45, 7) is 0. The lowest BCUT2D eigenvalue weighted by molar-refractivity contribution is -0.180. The minimum atomic E-state index is -3.42. The predicted molar refractivity (Wildman–Crippen MR) is 111 cm³/mol. The first-order valence-electron chi connectivity index (χ1n) is 9.62. The Hall–Kier alpha value is -2.63. The molecule has 1 aliphatic rings. The number of nitrogens with one attached hydrogen (secondary N) is 1. The number of benzene rings is 1. The van der Waals surface area contributed by atoms with Crippen LogP contribution in [0.4, 0.5) is 4.39 Å². The number of carbonyl (C=O) groups is 1. The zero-order chi connectivity index (χ0) is 22.8. The Morgan fingerprint density at radius 3 is 2.68 bits per heavy atom. The number of carbonyl (C=O) groups excluding carboxylic acids is 1. The maximum Gasteiger partial charge on any atom is 0.252 e. The van der Waals surface area contributed by atoms with Gasteiger partial charge < -0.3 is 5.11 Å². The summed E-state index contributed by atoms with van der Waals surface area (Å²) >= 11 is 0. The van der Waals surface area contributed by atoms with Crippen molar-refractivity contribution < 1.29 is 27.5 Å². The molecule has 0 aliphatic heterocycles. The average Bonchev–Trinajstić information content (AvgIpc) is 3.10. The molecule has 1 fully saturated rings. The van der Waals surface area contributed by atoms with E-state index in [2.05, 4.69) is 14.7 Å². The van der Waals surface area contributed by atoms with Crippen LogP contribution in [-0.4, -0.2) is 60.9 Å². The molecule has 1 aromatic heterocycles. The number of amides is 1. The summed E-state index contributed by atoms with van der Waals surface area (Å²) < 4.78 is 39.1. The second-order valence-electron chi connectivity index (χ2n) is 7.85. The van der Waals surface area contributed by atoms with Gasteiger partial charge in [-0.1, -0.05) is 6.07 Å². The molecule has 168 valence electrons. The van der Waals surface area contributed by atoms with Crippen LogP contribution in [0.15, 0.2) is 30.6 Å². The summed E-state index contributed by atoms with van der Waals surface area (Å²) in [4.78, 5) is 26.1. The molecule has 1 heterocycles. The fourth-order valence-electron chi connectivity index (χ4n) is 4.09. The Morgan fingerprint density at radius 2 is 2.06 bits per heavy atom. The first-order chi connectivity index (χ1) is 14.5. The van der Waals surface area contributed by atoms with Gasteiger partial charge in [-0.3, -0.25) is 9.63 Å². The smallest absolute Gasteiger partial charge is 0.252 e. The van der Waals surface area contributed by atoms with Gasteiger partial charge in [-0.05, 0) is 43.4 Å². The number of phenols is 1. The van der Waals surface area contributed by atoms with Gasteiger partial charge in [0, 0.05) is 13.1 Å². The SMILES string of the molecule is CON(C)C(=O)[C@@]1(Cc2ccc(O)c(-c3ncc(F)cn3)c2)CC[C@H](NS(C)(=O)=O)C1. The molecular weight excluding hydrogens is 427 g/mol. The van der Waals surface area contributed by atoms with Gasteiger partial charge in [-0.2, -0.15) is 0 Å². The summed E-state index contributed by atoms with van der Waals surface area (Å²) in [6, 6.07) is 4.43. The van der Waals surface area contributed by atoms with Gasteiger partial charge in [0.1, 0.15) is 5.75 Å². The summed E-state index contributed by atoms with van der Waals surface area (Å²) in [5, 5.41) is 11.4. The van der Waals surface area contributed by atoms with Gasteiger partial charge in [0.2, 0.25) is 10.0 Å². The third-order valence-corrected chi connectivity index (χ3v) is 6.23. The van der Waals surface area contributed by atoms with Crippen LogP contribution in [0.5, 0.6) is 5.75 Å². The van der Waals surface area contributed by atoms with Crippen molar-refractivity contribution in [2.45, 2.75) is 31.7 Å². The van der Waals surface area contributed by atoms with Gasteiger partial charge in [0.05, 0.1) is 36.7 Å². The Kier molecular flexibility index (Phi) is 6.58. The molecule has 1 amide bonds. The summed E-state index contributed by atoms with van der Waals surface area (Å²) in [5.74, 6) is -0.784. The van der Waals surface area contributed by atoms with Crippen molar-refractivity contribution in [1.29, 1.82) is 0 Å². The fraction of sp³-hybridized carbons (Fsp3) is 0.450. The number of nitrogens with zero attached hydrogens (tertiary/aromatic N) is 3. The Morgan fingerprint density at radius 1 is 1.39 bits per heavy atom. The van der Waals surface area contributed by atoms with Crippen LogP contribution in [0, 0.1) is 11.2 Å². The van der Waals surface area contributed by atoms with Crippen LogP contribution < -0.4 is 4.72 Å². The van der Waals surface area contributed by atoms with Crippen molar-refractivity contribution in [3.63, 3.8) is 0 Å². The molecule has 2 atom stereocenters. The van der Waals surface area contributed by atoms with Gasteiger partial charge in [0.15, 0.2) is 11.6 Å². The van der Waals surface area contributed by atoms with E-state index in [0.717, 1.165) is 29.3 Å². The molecule has 1 saturated carbocycles. The van der Waals surface area contributed by atoms with E-state index in [9.17, 15) is 22.7 Å². The van der Waals surface area contributed by atoms with Crippen LogP contribution in [0.25, 0.3) is 11.4 Å². The number of hydroxylamine groups is 2. The average molecular weight is 453 g/mol. The highest BCUT2D eigenvalue weighted by Crippen LogP contribution is 2.43. The van der Waals surface area contributed by atoms with E-state index < -0.39 is 21.3 Å². The monoisotopic (exact) mass is 452 g/mol. The van der Waals surface area contributed by atoms with Crippen LogP contribution in [0.2, 0.25) is 0 Å². The molecule has 2 N–H and O–H groups in total. The van der Waals surface area contributed by atoms with Gasteiger partial charge in [0.25, 0.3) is 5.91 Å². The number of sulfonamides is 1. The topological polar surface area (TPSA) is 122 Å². The first-order valence-corrected chi connectivity index (χ1v) is 11.5. The number of aromatic nitrogens is 2. The zero-order valence-electron chi connectivity index (χ0n) is 17.5. The molecule has 31 heavy (non-hydrogen) atoms. The number of aromatic hydroxyl groups is 1. The van der Waals surface area contributed by atoms with Crippen molar-refractivity contribution in [2.75, 3.05) is 20.4 Å². The van der Waals surface area contributed by atoms with Crippen LogP contribution in [0.3, 0.4) is 0 Å². The standard InChI is InChI=1S/C20H25FN4O5S/c1-25(30-2)19(27)20(7-6-15(10-20)24-31(3,28)29)9-13-4-5-17(26)16(8-13)18-22-11-14(21)12-23-18/h4-5,8,11-12,15,24,26H,6-7,9-10H2,1-3H3/t15-,20+/m0/s1. The highest BCUT2D eigenvalue weighted by Gasteiger charge is 2.47. The summed E-state index contributed by atoms with van der Waals surface area (Å²) in [5.41, 5.74) is 0.132. The van der Waals surface area contributed by atoms with Crippen molar-refractivity contribution in [2.24, 2.45) is 5.41 Å². The lowest BCUT2D eigenvalue weighted by Crippen LogP contribution is -2.43. The molecule has 0 saturated heterocycles. The fourth-order valence-corrected chi connectivity index (χ4v) is 4.90. The van der Waals surface area contributed by atoms with E-state index in [-0.39, 0.29) is 29.9 Å². The van der Waals surface area contributed by atoms with E-state index in [1.54, 1.807) is 12.1 Å². The highest BCUT2D eigenvalue weighted by atomic mass is 32.2. The summed E-state index contributed by atoms with van der Waals surface area (Å²) in [7, 11) is -0.524. The number of hydrogen-bond acceptors (Lipinski definition) is 7. The van der Waals surface area contributed by atoms with Crippen LogP contribution in [-0.2, 0) is 26.1 Å². The number of rotatable bonds is 7. The molecule has 2 aromatic rings. The molecule has 9 nitrogen and oxygen atoms in total. The van der Waals surface area contributed by atoms with E-state index in [1.165, 1.54) is 20.2 Å². The van der Waals surface area contributed by atoms with Gasteiger partial charge in [-0.15, -0.1) is 0 Å². The lowest BCUT2D eigenvalue weighted by atomic mass is 9.78. The van der Waals surface area contributed by atoms with E-state index in [0.29, 0.717) is 24.8 Å². The first kappa shape index (κ1) is 23.0. The highest BCUT2D eigenvalue weighted by molar-refractivity contribution is 7.88. The summed E-state index contributed by atoms with van der Waals surface area (Å²) in [6.07, 6.45) is 4.64. The molecule has 1 aromatic carbocycles. The third-order valence-electron chi connectivity index (χ3n) is 5.47. The number of hydrogen-bond donors (Lipinski definition) is 2. The van der Waals surface area contributed by atoms with E-state index in [4.69, 9.17) is 4.84 Å². The van der Waals surface area contributed by atoms with Crippen LogP contribution in [0.1, 0.15) is 24.8 Å². The maximum absolute atomic E-state index is 13.2. The normalized spacial score (nSPS) is 21.2. The Bertz CT molecular complexity index is 1060. The number of halogens is 1. The Balaban J connectivity index is 1.94. The maximum atomic E-state index is 13.2. The minimum Gasteiger partial charge on any atom is -0.507 e. The van der Waals surface area contributed by atoms with Crippen molar-refractivity contribution in [1.82, 2.24) is 19.8 Å². The predicted octanol–water partition coefficient (Wildman–Crippen LogP) is 1.64. The van der Waals surface area contributed by atoms with Crippen molar-refractivity contribution in [3.05, 3.63) is 42.0 Å². The molecule has 3 rings (SSSR count). The molecule has 0 radical (unpaired) electrons. The zero-order valence-corrected chi connectivity index (χ0v) is 18.3. The molecular formula is C20H25FN4O5S. The quantitative estimate of drug-likeness (QED) is 0.613. The largest absolute Gasteiger partial charge is 0.507 e. The molecule has 0 spiro atoms. The molecule has 11 heteroatoms. The van der Waals surface area contributed by atoms with Crippen molar-refractivity contribution >= 4 is 15.9 Å². The van der Waals surface area contributed by atoms with Crippen molar-refractivity contribution in [3.8, 4) is 17.1 Å². The third kappa shape index (κ3) is 5.35. The van der Waals surface area contributed by atoms with Crippen LogP contribution >= 0.6 is 0 Å². The minimum absolute atomic E-state index is 0.0761. The van der Waals surface area contributed by atoms with Gasteiger partial charge >= 0.3 is 0 Å². The Labute approximate surface area is 180 Å². The van der Waals surface area contributed by atoms with E-state index in [1.807, 2.05) is 0 Å². The second kappa shape index (κ2) is 8.85. The van der Waals surface area contributed by atoms with E-state index >= 15 is 0 Å². The molecule has 1 aliphatic carbocycles. The lowest BCUT2D eigenvalue weighted by Gasteiger charge is -2.32. The molecule has 0 unspecified atom stereocenters.